The number of carboxylic acids is 1. The summed E-state index contributed by atoms with van der Waals surface area (Å²) >= 11 is 0. The van der Waals surface area contributed by atoms with Gasteiger partial charge in [0.25, 0.3) is 0 Å². The lowest BCUT2D eigenvalue weighted by Gasteiger charge is -2.21. The first-order chi connectivity index (χ1) is 10.0. The van der Waals surface area contributed by atoms with Gasteiger partial charge in [0.2, 0.25) is 11.6 Å². The number of hydrogen-bond donors (Lipinski definition) is 1. The Morgan fingerprint density at radius 2 is 1.90 bits per heavy atom. The minimum atomic E-state index is -0.913. The highest BCUT2D eigenvalue weighted by molar-refractivity contribution is 5.69. The third kappa shape index (κ3) is 3.04. The molecule has 1 N–H and O–H groups in total. The highest BCUT2D eigenvalue weighted by Gasteiger charge is 2.37. The number of aliphatic carboxylic acids is 1. The monoisotopic (exact) mass is 298 g/mol. The Balaban J connectivity index is 2.54. The van der Waals surface area contributed by atoms with Gasteiger partial charge in [-0.1, -0.05) is 0 Å². The Morgan fingerprint density at radius 1 is 1.29 bits per heavy atom. The maximum absolute atomic E-state index is 14.5. The van der Waals surface area contributed by atoms with Gasteiger partial charge in [-0.3, -0.25) is 4.79 Å². The zero-order valence-electron chi connectivity index (χ0n) is 12.3. The van der Waals surface area contributed by atoms with Crippen LogP contribution in [0.15, 0.2) is 6.07 Å². The molecule has 6 heteroatoms. The van der Waals surface area contributed by atoms with Crippen molar-refractivity contribution in [3.8, 4) is 17.2 Å². The van der Waals surface area contributed by atoms with E-state index in [1.807, 2.05) is 0 Å². The van der Waals surface area contributed by atoms with Crippen molar-refractivity contribution in [1.82, 2.24) is 0 Å². The lowest BCUT2D eigenvalue weighted by molar-refractivity contribution is -0.137. The molecule has 0 spiro atoms. The lowest BCUT2D eigenvalue weighted by atomic mass is 9.89. The van der Waals surface area contributed by atoms with Crippen LogP contribution < -0.4 is 14.2 Å². The Hall–Kier alpha value is -1.98. The van der Waals surface area contributed by atoms with E-state index in [0.717, 1.165) is 12.8 Å². The normalized spacial score (nSPS) is 15.4. The molecule has 5 nitrogen and oxygen atoms in total. The van der Waals surface area contributed by atoms with E-state index in [4.69, 9.17) is 19.3 Å². The molecule has 116 valence electrons. The van der Waals surface area contributed by atoms with Gasteiger partial charge in [-0.05, 0) is 24.8 Å². The van der Waals surface area contributed by atoms with E-state index in [0.29, 0.717) is 5.56 Å². The van der Waals surface area contributed by atoms with Crippen LogP contribution in [0.25, 0.3) is 0 Å². The summed E-state index contributed by atoms with van der Waals surface area (Å²) in [5.74, 6) is -1.38. The van der Waals surface area contributed by atoms with Crippen molar-refractivity contribution in [2.24, 2.45) is 5.92 Å². The molecule has 0 radical (unpaired) electrons. The average Bonchev–Trinajstić information content (AvgIpc) is 3.28. The van der Waals surface area contributed by atoms with E-state index in [2.05, 4.69) is 0 Å². The zero-order valence-corrected chi connectivity index (χ0v) is 12.3. The van der Waals surface area contributed by atoms with Crippen LogP contribution in [-0.4, -0.2) is 32.4 Å². The number of benzene rings is 1. The topological polar surface area (TPSA) is 65.0 Å². The largest absolute Gasteiger partial charge is 0.493 e. The van der Waals surface area contributed by atoms with Gasteiger partial charge in [0.15, 0.2) is 11.5 Å². The van der Waals surface area contributed by atoms with E-state index in [9.17, 15) is 9.18 Å². The van der Waals surface area contributed by atoms with Crippen molar-refractivity contribution >= 4 is 5.97 Å². The molecule has 1 unspecified atom stereocenters. The summed E-state index contributed by atoms with van der Waals surface area (Å²) in [5, 5.41) is 9.09. The lowest BCUT2D eigenvalue weighted by Crippen LogP contribution is -2.11. The molecule has 0 aromatic heterocycles. The van der Waals surface area contributed by atoms with Gasteiger partial charge in [0, 0.05) is 11.5 Å². The molecule has 1 aromatic rings. The predicted molar refractivity (Wildman–Crippen MR) is 73.8 cm³/mol. The Kier molecular flexibility index (Phi) is 4.55. The van der Waals surface area contributed by atoms with Crippen LogP contribution in [0.2, 0.25) is 0 Å². The minimum Gasteiger partial charge on any atom is -0.493 e. The number of methoxy groups -OCH3 is 3. The van der Waals surface area contributed by atoms with E-state index < -0.39 is 11.8 Å². The van der Waals surface area contributed by atoms with Gasteiger partial charge >= 0.3 is 5.97 Å². The first-order valence-electron chi connectivity index (χ1n) is 6.73. The van der Waals surface area contributed by atoms with Crippen molar-refractivity contribution in [3.05, 3.63) is 17.4 Å². The summed E-state index contributed by atoms with van der Waals surface area (Å²) in [5.41, 5.74) is 0.526. The summed E-state index contributed by atoms with van der Waals surface area (Å²) in [4.78, 5) is 11.1. The number of carbonyl (C=O) groups is 1. The van der Waals surface area contributed by atoms with E-state index >= 15 is 0 Å². The second-order valence-electron chi connectivity index (χ2n) is 5.09. The minimum absolute atomic E-state index is 0.0331. The fourth-order valence-corrected chi connectivity index (χ4v) is 2.65. The molecule has 1 aliphatic rings. The second-order valence-corrected chi connectivity index (χ2v) is 5.09. The SMILES string of the molecule is COc1cc(C(CC(=O)O)C2CC2)c(OC)c(F)c1OC. The highest BCUT2D eigenvalue weighted by Crippen LogP contribution is 2.50. The van der Waals surface area contributed by atoms with Gasteiger partial charge < -0.3 is 19.3 Å². The van der Waals surface area contributed by atoms with E-state index in [-0.39, 0.29) is 35.5 Å². The average molecular weight is 298 g/mol. The molecule has 1 saturated carbocycles. The second kappa shape index (κ2) is 6.20. The number of carboxylic acid groups (broad SMARTS) is 1. The van der Waals surface area contributed by atoms with Crippen LogP contribution in [0.1, 0.15) is 30.7 Å². The van der Waals surface area contributed by atoms with Gasteiger partial charge in [0.1, 0.15) is 0 Å². The Bertz CT molecular complexity index is 539. The van der Waals surface area contributed by atoms with Crippen LogP contribution in [0, 0.1) is 11.7 Å². The standard InChI is InChI=1S/C15H19FO5/c1-19-11-6-10(9(7-12(17)18)8-4-5-8)14(20-2)13(16)15(11)21-3/h6,8-9H,4-5,7H2,1-3H3,(H,17,18). The third-order valence-corrected chi connectivity index (χ3v) is 3.78. The molecule has 1 fully saturated rings. The summed E-state index contributed by atoms with van der Waals surface area (Å²) in [7, 11) is 4.12. The number of ether oxygens (including phenoxy) is 3. The fourth-order valence-electron chi connectivity index (χ4n) is 2.65. The van der Waals surface area contributed by atoms with Crippen molar-refractivity contribution in [2.75, 3.05) is 21.3 Å². The fraction of sp³-hybridized carbons (Fsp3) is 0.533. The maximum Gasteiger partial charge on any atom is 0.303 e. The molecular weight excluding hydrogens is 279 g/mol. The molecule has 2 rings (SSSR count). The van der Waals surface area contributed by atoms with Crippen LogP contribution in [0.3, 0.4) is 0 Å². The van der Waals surface area contributed by atoms with Crippen LogP contribution in [0.4, 0.5) is 4.39 Å². The van der Waals surface area contributed by atoms with Crippen LogP contribution in [0.5, 0.6) is 17.2 Å². The van der Waals surface area contributed by atoms with E-state index in [1.54, 1.807) is 6.07 Å². The third-order valence-electron chi connectivity index (χ3n) is 3.78. The van der Waals surface area contributed by atoms with Gasteiger partial charge in [-0.25, -0.2) is 0 Å². The molecule has 0 bridgehead atoms. The highest BCUT2D eigenvalue weighted by atomic mass is 19.1. The van der Waals surface area contributed by atoms with Crippen molar-refractivity contribution in [1.29, 1.82) is 0 Å². The van der Waals surface area contributed by atoms with Gasteiger partial charge in [-0.2, -0.15) is 4.39 Å². The number of rotatable bonds is 7. The molecule has 1 aromatic carbocycles. The Labute approximate surface area is 122 Å². The molecule has 21 heavy (non-hydrogen) atoms. The molecular formula is C15H19FO5. The quantitative estimate of drug-likeness (QED) is 0.838. The maximum atomic E-state index is 14.5. The Morgan fingerprint density at radius 3 is 2.33 bits per heavy atom. The zero-order chi connectivity index (χ0) is 15.6. The molecule has 0 heterocycles. The smallest absolute Gasteiger partial charge is 0.303 e. The molecule has 0 amide bonds. The molecule has 1 aliphatic carbocycles. The van der Waals surface area contributed by atoms with Gasteiger partial charge in [0.05, 0.1) is 27.8 Å². The molecule has 0 saturated heterocycles. The van der Waals surface area contributed by atoms with E-state index in [1.165, 1.54) is 21.3 Å². The summed E-state index contributed by atoms with van der Waals surface area (Å²) < 4.78 is 29.8. The first-order valence-corrected chi connectivity index (χ1v) is 6.73. The van der Waals surface area contributed by atoms with Crippen molar-refractivity contribution in [2.45, 2.75) is 25.2 Å². The van der Waals surface area contributed by atoms with Crippen molar-refractivity contribution < 1.29 is 28.5 Å². The molecule has 0 aliphatic heterocycles. The van der Waals surface area contributed by atoms with Crippen molar-refractivity contribution in [3.63, 3.8) is 0 Å². The number of halogens is 1. The van der Waals surface area contributed by atoms with Gasteiger partial charge in [-0.15, -0.1) is 0 Å². The number of hydrogen-bond acceptors (Lipinski definition) is 4. The first kappa shape index (κ1) is 15.4. The molecule has 1 atom stereocenters. The summed E-state index contributed by atoms with van der Waals surface area (Å²) in [6.45, 7) is 0. The summed E-state index contributed by atoms with van der Waals surface area (Å²) in [6.07, 6.45) is 1.82. The van der Waals surface area contributed by atoms with Crippen LogP contribution >= 0.6 is 0 Å². The van der Waals surface area contributed by atoms with Crippen LogP contribution in [-0.2, 0) is 4.79 Å². The predicted octanol–water partition coefficient (Wildman–Crippen LogP) is 2.82. The summed E-state index contributed by atoms with van der Waals surface area (Å²) in [6, 6.07) is 1.62.